The Kier molecular flexibility index (Phi) is 5.60. The van der Waals surface area contributed by atoms with Crippen LogP contribution in [0.15, 0.2) is 60.7 Å². The lowest BCUT2D eigenvalue weighted by Gasteiger charge is -2.03. The van der Waals surface area contributed by atoms with Crippen LogP contribution in [0.25, 0.3) is 0 Å². The third-order valence-electron chi connectivity index (χ3n) is 2.72. The summed E-state index contributed by atoms with van der Waals surface area (Å²) >= 11 is 0. The van der Waals surface area contributed by atoms with Crippen molar-refractivity contribution in [1.82, 2.24) is 0 Å². The van der Waals surface area contributed by atoms with Gasteiger partial charge in [-0.25, -0.2) is 0 Å². The number of hydrogen-bond acceptors (Lipinski definition) is 2. The van der Waals surface area contributed by atoms with E-state index in [1.807, 2.05) is 36.4 Å². The second-order valence-electron chi connectivity index (χ2n) is 4.61. The summed E-state index contributed by atoms with van der Waals surface area (Å²) in [6, 6.07) is 20.4. The molecule has 0 aliphatic carbocycles. The summed E-state index contributed by atoms with van der Waals surface area (Å²) in [5.41, 5.74) is 2.43. The van der Waals surface area contributed by atoms with Gasteiger partial charge in [0.25, 0.3) is 0 Å². The maximum Gasteiger partial charge on any atom is 0.0781 e. The molecule has 1 saturated heterocycles. The van der Waals surface area contributed by atoms with Crippen molar-refractivity contribution in [3.05, 3.63) is 71.8 Å². The van der Waals surface area contributed by atoms with Gasteiger partial charge in [-0.05, 0) is 18.1 Å². The molecule has 3 rings (SSSR count). The Balaban J connectivity index is 0.000000284. The normalized spacial score (nSPS) is 16.4. The standard InChI is InChI=1S/C14H14O.C3H6O/c1-3-7-13(8-4-1)11-15-12-14-9-5-2-6-10-14;1-3-2-4-3/h1-10H,11-12H2;3H,2H2,1H3. The lowest BCUT2D eigenvalue weighted by Crippen LogP contribution is -1.93. The molecule has 1 aliphatic rings. The lowest BCUT2D eigenvalue weighted by atomic mass is 10.2. The maximum absolute atomic E-state index is 5.61. The molecular formula is C17H20O2. The van der Waals surface area contributed by atoms with Crippen molar-refractivity contribution in [2.45, 2.75) is 26.2 Å². The van der Waals surface area contributed by atoms with Gasteiger partial charge in [-0.15, -0.1) is 0 Å². The molecule has 0 saturated carbocycles. The molecule has 0 amide bonds. The number of hydrogen-bond donors (Lipinski definition) is 0. The Morgan fingerprint density at radius 1 is 0.895 bits per heavy atom. The molecule has 2 aromatic rings. The zero-order valence-corrected chi connectivity index (χ0v) is 11.3. The highest BCUT2D eigenvalue weighted by Gasteiger charge is 2.13. The van der Waals surface area contributed by atoms with E-state index in [-0.39, 0.29) is 0 Å². The molecule has 0 radical (unpaired) electrons. The second kappa shape index (κ2) is 7.72. The van der Waals surface area contributed by atoms with Crippen molar-refractivity contribution < 1.29 is 9.47 Å². The molecule has 2 aromatic carbocycles. The minimum Gasteiger partial charge on any atom is -0.373 e. The average Bonchev–Trinajstić information content (AvgIpc) is 3.24. The second-order valence-corrected chi connectivity index (χ2v) is 4.61. The van der Waals surface area contributed by atoms with Gasteiger partial charge >= 0.3 is 0 Å². The van der Waals surface area contributed by atoms with Gasteiger partial charge in [0, 0.05) is 0 Å². The zero-order chi connectivity index (χ0) is 13.3. The van der Waals surface area contributed by atoms with Gasteiger partial charge in [0.1, 0.15) is 0 Å². The summed E-state index contributed by atoms with van der Waals surface area (Å²) < 4.78 is 10.3. The molecule has 1 aliphatic heterocycles. The van der Waals surface area contributed by atoms with Crippen LogP contribution in [0.4, 0.5) is 0 Å². The summed E-state index contributed by atoms with van der Waals surface area (Å²) in [6.07, 6.45) is 0.583. The Morgan fingerprint density at radius 3 is 1.58 bits per heavy atom. The molecule has 0 aromatic heterocycles. The molecule has 19 heavy (non-hydrogen) atoms. The zero-order valence-electron chi connectivity index (χ0n) is 11.3. The van der Waals surface area contributed by atoms with Gasteiger partial charge in [-0.2, -0.15) is 0 Å². The van der Waals surface area contributed by atoms with Gasteiger partial charge in [-0.3, -0.25) is 0 Å². The van der Waals surface area contributed by atoms with Crippen LogP contribution in [0, 0.1) is 0 Å². The van der Waals surface area contributed by atoms with Crippen molar-refractivity contribution in [1.29, 1.82) is 0 Å². The first-order valence-corrected chi connectivity index (χ1v) is 6.62. The molecule has 0 N–H and O–H groups in total. The van der Waals surface area contributed by atoms with Crippen LogP contribution in [-0.2, 0) is 22.7 Å². The third kappa shape index (κ3) is 6.18. The van der Waals surface area contributed by atoms with Crippen LogP contribution in [0.2, 0.25) is 0 Å². The lowest BCUT2D eigenvalue weighted by molar-refractivity contribution is 0.107. The van der Waals surface area contributed by atoms with E-state index in [0.29, 0.717) is 19.3 Å². The van der Waals surface area contributed by atoms with Crippen molar-refractivity contribution in [3.8, 4) is 0 Å². The van der Waals surface area contributed by atoms with E-state index in [2.05, 4.69) is 31.2 Å². The van der Waals surface area contributed by atoms with Crippen molar-refractivity contribution in [2.75, 3.05) is 6.61 Å². The smallest absolute Gasteiger partial charge is 0.0781 e. The van der Waals surface area contributed by atoms with E-state index in [4.69, 9.17) is 9.47 Å². The predicted octanol–water partition coefficient (Wildman–Crippen LogP) is 3.81. The predicted molar refractivity (Wildman–Crippen MR) is 76.8 cm³/mol. The Morgan fingerprint density at radius 2 is 1.26 bits per heavy atom. The third-order valence-corrected chi connectivity index (χ3v) is 2.72. The van der Waals surface area contributed by atoms with Crippen molar-refractivity contribution >= 4 is 0 Å². The number of rotatable bonds is 4. The summed E-state index contributed by atoms with van der Waals surface area (Å²) in [6.45, 7) is 4.39. The van der Waals surface area contributed by atoms with E-state index in [1.54, 1.807) is 0 Å². The fourth-order valence-corrected chi connectivity index (χ4v) is 1.53. The van der Waals surface area contributed by atoms with Crippen LogP contribution in [0.3, 0.4) is 0 Å². The van der Waals surface area contributed by atoms with Crippen LogP contribution >= 0.6 is 0 Å². The molecule has 1 atom stereocenters. The first-order valence-electron chi connectivity index (χ1n) is 6.62. The van der Waals surface area contributed by atoms with Gasteiger partial charge in [-0.1, -0.05) is 60.7 Å². The minimum absolute atomic E-state index is 0.583. The van der Waals surface area contributed by atoms with E-state index in [9.17, 15) is 0 Å². The highest BCUT2D eigenvalue weighted by molar-refractivity contribution is 5.15. The molecule has 1 fully saturated rings. The average molecular weight is 256 g/mol. The summed E-state index contributed by atoms with van der Waals surface area (Å²) in [5, 5.41) is 0. The first-order chi connectivity index (χ1) is 9.34. The largest absolute Gasteiger partial charge is 0.373 e. The number of benzene rings is 2. The van der Waals surface area contributed by atoms with Gasteiger partial charge in [0.05, 0.1) is 25.9 Å². The summed E-state index contributed by atoms with van der Waals surface area (Å²) in [5.74, 6) is 0. The Bertz CT molecular complexity index is 410. The van der Waals surface area contributed by atoms with E-state index in [1.165, 1.54) is 11.1 Å². The molecule has 2 heteroatoms. The van der Waals surface area contributed by atoms with Crippen molar-refractivity contribution in [2.24, 2.45) is 0 Å². The van der Waals surface area contributed by atoms with Crippen LogP contribution in [-0.4, -0.2) is 12.7 Å². The van der Waals surface area contributed by atoms with E-state index >= 15 is 0 Å². The van der Waals surface area contributed by atoms with Crippen LogP contribution in [0.5, 0.6) is 0 Å². The van der Waals surface area contributed by atoms with Gasteiger partial charge < -0.3 is 9.47 Å². The van der Waals surface area contributed by atoms with Gasteiger partial charge in [0.15, 0.2) is 0 Å². The molecule has 1 unspecified atom stereocenters. The highest BCUT2D eigenvalue weighted by Crippen LogP contribution is 2.05. The minimum atomic E-state index is 0.583. The molecule has 0 bridgehead atoms. The van der Waals surface area contributed by atoms with E-state index in [0.717, 1.165) is 6.61 Å². The molecule has 0 spiro atoms. The van der Waals surface area contributed by atoms with Crippen LogP contribution < -0.4 is 0 Å². The van der Waals surface area contributed by atoms with Crippen molar-refractivity contribution in [3.63, 3.8) is 0 Å². The highest BCUT2D eigenvalue weighted by atomic mass is 16.6. The summed E-state index contributed by atoms with van der Waals surface area (Å²) in [7, 11) is 0. The van der Waals surface area contributed by atoms with Crippen LogP contribution in [0.1, 0.15) is 18.1 Å². The fraction of sp³-hybridized carbons (Fsp3) is 0.294. The molecule has 100 valence electrons. The molecule has 1 heterocycles. The van der Waals surface area contributed by atoms with Gasteiger partial charge in [0.2, 0.25) is 0 Å². The Labute approximate surface area is 115 Å². The monoisotopic (exact) mass is 256 g/mol. The number of ether oxygens (including phenoxy) is 2. The number of epoxide rings is 1. The quantitative estimate of drug-likeness (QED) is 0.776. The maximum atomic E-state index is 5.61. The topological polar surface area (TPSA) is 21.8 Å². The van der Waals surface area contributed by atoms with E-state index < -0.39 is 0 Å². The molecular weight excluding hydrogens is 236 g/mol. The Hall–Kier alpha value is -1.64. The molecule has 2 nitrogen and oxygen atoms in total. The summed E-state index contributed by atoms with van der Waals surface area (Å²) in [4.78, 5) is 0. The first kappa shape index (κ1) is 13.8. The SMILES string of the molecule is CC1CO1.c1ccc(COCc2ccccc2)cc1. The fourth-order valence-electron chi connectivity index (χ4n) is 1.53.